The summed E-state index contributed by atoms with van der Waals surface area (Å²) in [7, 11) is 1.79. The number of nitrogens with zero attached hydrogens (tertiary/aromatic N) is 3. The van der Waals surface area contributed by atoms with Crippen molar-refractivity contribution in [2.45, 2.75) is 44.4 Å². The van der Waals surface area contributed by atoms with Gasteiger partial charge < -0.3 is 15.7 Å². The maximum Gasteiger partial charge on any atom is 0.194 e. The van der Waals surface area contributed by atoms with Gasteiger partial charge in [-0.2, -0.15) is 0 Å². The van der Waals surface area contributed by atoms with E-state index in [0.29, 0.717) is 11.9 Å². The van der Waals surface area contributed by atoms with E-state index in [1.54, 1.807) is 29.5 Å². The number of nitrogens with two attached hydrogens (primary N) is 1. The molecule has 0 amide bonds. The van der Waals surface area contributed by atoms with E-state index in [-0.39, 0.29) is 5.92 Å². The molecule has 1 aromatic carbocycles. The van der Waals surface area contributed by atoms with Crippen molar-refractivity contribution in [1.29, 1.82) is 0 Å². The normalized spacial score (nSPS) is 24.2. The van der Waals surface area contributed by atoms with Crippen molar-refractivity contribution in [2.75, 3.05) is 7.05 Å². The van der Waals surface area contributed by atoms with Gasteiger partial charge in [0.05, 0.1) is 5.92 Å². The van der Waals surface area contributed by atoms with E-state index in [9.17, 15) is 5.11 Å². The van der Waals surface area contributed by atoms with Crippen LogP contribution in [0.4, 0.5) is 0 Å². The lowest BCUT2D eigenvalue weighted by Gasteiger charge is -2.45. The molecule has 5 nitrogen and oxygen atoms in total. The molecule has 0 spiro atoms. The summed E-state index contributed by atoms with van der Waals surface area (Å²) in [6, 6.07) is 14.6. The van der Waals surface area contributed by atoms with Gasteiger partial charge in [-0.25, -0.2) is 4.99 Å². The van der Waals surface area contributed by atoms with Crippen molar-refractivity contribution in [3.63, 3.8) is 0 Å². The predicted molar refractivity (Wildman–Crippen MR) is 124 cm³/mol. The Bertz CT molecular complexity index is 1040. The smallest absolute Gasteiger partial charge is 0.194 e. The lowest BCUT2D eigenvalue weighted by atomic mass is 9.76. The van der Waals surface area contributed by atoms with E-state index in [0.717, 1.165) is 21.6 Å². The fourth-order valence-corrected chi connectivity index (χ4v) is 5.18. The molecule has 30 heavy (non-hydrogen) atoms. The molecule has 3 aromatic rings. The first kappa shape index (κ1) is 20.6. The number of aliphatic hydroxyl groups excluding tert-OH is 1. The third-order valence-corrected chi connectivity index (χ3v) is 7.22. The number of pyridine rings is 1. The molecule has 4 rings (SSSR count). The fraction of sp³-hybridized carbons (Fsp3) is 0.333. The van der Waals surface area contributed by atoms with E-state index >= 15 is 0 Å². The Balaban J connectivity index is 1.80. The molecule has 0 radical (unpaired) electrons. The molecular formula is C24H28N4OS. The van der Waals surface area contributed by atoms with Gasteiger partial charge in [-0.3, -0.25) is 4.98 Å². The fourth-order valence-electron chi connectivity index (χ4n) is 4.12. The monoisotopic (exact) mass is 420 g/mol. The minimum atomic E-state index is -0.777. The molecule has 2 aromatic heterocycles. The van der Waals surface area contributed by atoms with Crippen molar-refractivity contribution in [3.05, 3.63) is 76.2 Å². The number of aliphatic imine (C=N–C) groups is 1. The van der Waals surface area contributed by atoms with Crippen LogP contribution in [0.1, 0.15) is 48.6 Å². The van der Waals surface area contributed by atoms with E-state index in [1.165, 1.54) is 5.56 Å². The molecular weight excluding hydrogens is 392 g/mol. The van der Waals surface area contributed by atoms with Crippen molar-refractivity contribution >= 4 is 17.3 Å². The highest BCUT2D eigenvalue weighted by Crippen LogP contribution is 2.48. The first-order valence-electron chi connectivity index (χ1n) is 10.2. The Morgan fingerprint density at radius 1 is 1.17 bits per heavy atom. The third-order valence-electron chi connectivity index (χ3n) is 6.06. The van der Waals surface area contributed by atoms with Crippen molar-refractivity contribution < 1.29 is 5.11 Å². The number of guanidine groups is 1. The van der Waals surface area contributed by atoms with Gasteiger partial charge in [0.2, 0.25) is 0 Å². The Labute approximate surface area is 181 Å². The van der Waals surface area contributed by atoms with Crippen LogP contribution in [0.25, 0.3) is 11.1 Å². The number of rotatable bonds is 4. The Morgan fingerprint density at radius 2 is 1.90 bits per heavy atom. The van der Waals surface area contributed by atoms with Gasteiger partial charge in [-0.15, -0.1) is 11.3 Å². The molecule has 6 heteroatoms. The van der Waals surface area contributed by atoms with Crippen LogP contribution >= 0.6 is 11.3 Å². The van der Waals surface area contributed by atoms with Gasteiger partial charge in [0, 0.05) is 29.9 Å². The zero-order chi connectivity index (χ0) is 21.5. The van der Waals surface area contributed by atoms with Crippen molar-refractivity contribution in [3.8, 4) is 11.1 Å². The highest BCUT2D eigenvalue weighted by atomic mass is 32.1. The van der Waals surface area contributed by atoms with Crippen LogP contribution in [0, 0.1) is 0 Å². The van der Waals surface area contributed by atoms with Crippen LogP contribution in [0.5, 0.6) is 0 Å². The van der Waals surface area contributed by atoms with Crippen molar-refractivity contribution in [2.24, 2.45) is 10.7 Å². The van der Waals surface area contributed by atoms with E-state index in [2.05, 4.69) is 61.5 Å². The molecule has 0 bridgehead atoms. The molecule has 1 unspecified atom stereocenters. The van der Waals surface area contributed by atoms with E-state index < -0.39 is 11.8 Å². The van der Waals surface area contributed by atoms with Crippen LogP contribution < -0.4 is 5.73 Å². The summed E-state index contributed by atoms with van der Waals surface area (Å²) >= 11 is 1.64. The SMILES string of the molecule is CC(C)c1ccc([C@H]2C(O)N(C)C(N)=N[C@]2(C)c2cc(-c3cccnc3)cs2)cc1. The molecule has 3 heterocycles. The molecule has 156 valence electrons. The van der Waals surface area contributed by atoms with Crippen LogP contribution in [0.2, 0.25) is 0 Å². The van der Waals surface area contributed by atoms with Gasteiger partial charge in [-0.05, 0) is 47.0 Å². The second-order valence-corrected chi connectivity index (χ2v) is 9.29. The summed E-state index contributed by atoms with van der Waals surface area (Å²) in [6.07, 6.45) is 2.85. The quantitative estimate of drug-likeness (QED) is 0.651. The maximum atomic E-state index is 11.2. The lowest BCUT2D eigenvalue weighted by molar-refractivity contribution is 0.00643. The second kappa shape index (κ2) is 7.85. The first-order valence-corrected chi connectivity index (χ1v) is 11.0. The summed E-state index contributed by atoms with van der Waals surface area (Å²) in [5.41, 5.74) is 10.0. The Morgan fingerprint density at radius 3 is 2.53 bits per heavy atom. The number of hydrogen-bond acceptors (Lipinski definition) is 6. The minimum absolute atomic E-state index is 0.253. The molecule has 3 N–H and O–H groups in total. The molecule has 0 saturated carbocycles. The Hall–Kier alpha value is -2.70. The van der Waals surface area contributed by atoms with Crippen LogP contribution in [0.15, 0.2) is 65.2 Å². The van der Waals surface area contributed by atoms with Gasteiger partial charge >= 0.3 is 0 Å². The molecule has 0 saturated heterocycles. The topological polar surface area (TPSA) is 74.7 Å². The third kappa shape index (κ3) is 3.50. The summed E-state index contributed by atoms with van der Waals surface area (Å²) < 4.78 is 0. The number of aliphatic hydroxyl groups is 1. The van der Waals surface area contributed by atoms with E-state index in [4.69, 9.17) is 10.7 Å². The maximum absolute atomic E-state index is 11.2. The van der Waals surface area contributed by atoms with Crippen LogP contribution in [-0.2, 0) is 5.54 Å². The largest absolute Gasteiger partial charge is 0.373 e. The first-order chi connectivity index (χ1) is 14.3. The number of benzene rings is 1. The second-order valence-electron chi connectivity index (χ2n) is 8.38. The van der Waals surface area contributed by atoms with E-state index in [1.807, 2.05) is 18.3 Å². The number of aromatic nitrogens is 1. The van der Waals surface area contributed by atoms with Crippen molar-refractivity contribution in [1.82, 2.24) is 9.88 Å². The zero-order valence-corrected chi connectivity index (χ0v) is 18.6. The standard InChI is InChI=1S/C24H28N4OS/c1-15(2)16-7-9-17(10-8-16)21-22(29)28(4)23(25)27-24(21,3)20-12-19(14-30-20)18-6-5-11-26-13-18/h5-15,21-22,29H,1-4H3,(H2,25,27)/t21-,22?,24+/m0/s1. The van der Waals surface area contributed by atoms with Gasteiger partial charge in [0.15, 0.2) is 5.96 Å². The average molecular weight is 421 g/mol. The molecule has 0 aliphatic carbocycles. The molecule has 3 atom stereocenters. The number of thiophene rings is 1. The number of likely N-dealkylation sites (N-methyl/N-ethyl adjacent to an activating group) is 1. The summed E-state index contributed by atoms with van der Waals surface area (Å²) in [5, 5.41) is 13.3. The van der Waals surface area contributed by atoms with Gasteiger partial charge in [0.1, 0.15) is 11.8 Å². The van der Waals surface area contributed by atoms with Gasteiger partial charge in [0.25, 0.3) is 0 Å². The molecule has 1 aliphatic heterocycles. The highest BCUT2D eigenvalue weighted by Gasteiger charge is 2.47. The van der Waals surface area contributed by atoms with Gasteiger partial charge in [-0.1, -0.05) is 44.2 Å². The summed E-state index contributed by atoms with van der Waals surface area (Å²) in [4.78, 5) is 11.8. The zero-order valence-electron chi connectivity index (χ0n) is 17.8. The minimum Gasteiger partial charge on any atom is -0.373 e. The van der Waals surface area contributed by atoms with Crippen LogP contribution in [0.3, 0.4) is 0 Å². The summed E-state index contributed by atoms with van der Waals surface area (Å²) in [6.45, 7) is 6.42. The Kier molecular flexibility index (Phi) is 5.38. The van der Waals surface area contributed by atoms with Crippen LogP contribution in [-0.4, -0.2) is 34.2 Å². The molecule has 1 aliphatic rings. The predicted octanol–water partition coefficient (Wildman–Crippen LogP) is 4.51. The highest BCUT2D eigenvalue weighted by molar-refractivity contribution is 7.10. The summed E-state index contributed by atoms with van der Waals surface area (Å²) in [5.74, 6) is 0.546. The number of hydrogen-bond donors (Lipinski definition) is 2. The average Bonchev–Trinajstić information content (AvgIpc) is 3.24. The lowest BCUT2D eigenvalue weighted by Crippen LogP contribution is -2.54. The molecule has 0 fully saturated rings.